The molecule has 1 amide bonds. The number of hydrogen-bond donors (Lipinski definition) is 5. The van der Waals surface area contributed by atoms with Crippen molar-refractivity contribution < 1.29 is 28.3 Å². The molecule has 4 rings (SSSR count). The van der Waals surface area contributed by atoms with Gasteiger partial charge in [0, 0.05) is 12.2 Å². The predicted octanol–water partition coefficient (Wildman–Crippen LogP) is 2.57. The molecule has 0 bridgehead atoms. The largest absolute Gasteiger partial charge is 0.478 e. The number of sulfone groups is 1. The number of benzene rings is 2. The monoisotopic (exact) mass is 487 g/mol. The van der Waals surface area contributed by atoms with Crippen LogP contribution in [0.2, 0.25) is 0 Å². The fourth-order valence-electron chi connectivity index (χ4n) is 5.23. The molecule has 2 aliphatic rings. The summed E-state index contributed by atoms with van der Waals surface area (Å²) < 4.78 is 25.7. The molecule has 1 aliphatic carbocycles. The lowest BCUT2D eigenvalue weighted by Crippen LogP contribution is -2.51. The molecule has 1 heterocycles. The summed E-state index contributed by atoms with van der Waals surface area (Å²) >= 11 is 0. The van der Waals surface area contributed by atoms with Gasteiger partial charge in [0.1, 0.15) is 0 Å². The highest BCUT2D eigenvalue weighted by Crippen LogP contribution is 2.54. The molecule has 182 valence electrons. The Bertz CT molecular complexity index is 1160. The van der Waals surface area contributed by atoms with E-state index in [2.05, 4.69) is 10.6 Å². The van der Waals surface area contributed by atoms with Crippen molar-refractivity contribution in [3.8, 4) is 0 Å². The summed E-state index contributed by atoms with van der Waals surface area (Å²) in [6.45, 7) is 2.01. The van der Waals surface area contributed by atoms with Gasteiger partial charge in [-0.05, 0) is 92.6 Å². The second-order valence-corrected chi connectivity index (χ2v) is 11.5. The fraction of sp³-hybridized carbons (Fsp3) is 0.417. The van der Waals surface area contributed by atoms with Gasteiger partial charge in [-0.1, -0.05) is 12.1 Å². The number of carboxylic acid groups (broad SMARTS) is 1. The summed E-state index contributed by atoms with van der Waals surface area (Å²) in [5, 5.41) is 24.9. The van der Waals surface area contributed by atoms with Gasteiger partial charge >= 0.3 is 5.97 Å². The summed E-state index contributed by atoms with van der Waals surface area (Å²) in [6.07, 6.45) is 2.61. The quantitative estimate of drug-likeness (QED) is 0.296. The normalized spacial score (nSPS) is 21.8. The van der Waals surface area contributed by atoms with Crippen molar-refractivity contribution in [1.82, 2.24) is 10.8 Å². The number of nitrogens with one attached hydrogen (secondary N) is 3. The van der Waals surface area contributed by atoms with Crippen LogP contribution < -0.4 is 16.1 Å². The molecule has 1 spiro atoms. The van der Waals surface area contributed by atoms with Gasteiger partial charge in [0.25, 0.3) is 5.91 Å². The van der Waals surface area contributed by atoms with Crippen molar-refractivity contribution >= 4 is 27.4 Å². The van der Waals surface area contributed by atoms with Gasteiger partial charge in [-0.3, -0.25) is 10.0 Å². The van der Waals surface area contributed by atoms with Gasteiger partial charge in [0.15, 0.2) is 14.6 Å². The lowest BCUT2D eigenvalue weighted by Gasteiger charge is -2.36. The number of anilines is 1. The Morgan fingerprint density at radius 2 is 1.59 bits per heavy atom. The first-order chi connectivity index (χ1) is 16.2. The third kappa shape index (κ3) is 4.40. The Morgan fingerprint density at radius 1 is 0.941 bits per heavy atom. The number of hydroxylamine groups is 1. The smallest absolute Gasteiger partial charge is 0.335 e. The van der Waals surface area contributed by atoms with Crippen LogP contribution in [0.1, 0.15) is 48.0 Å². The zero-order valence-electron chi connectivity index (χ0n) is 18.7. The van der Waals surface area contributed by atoms with E-state index >= 15 is 0 Å². The van der Waals surface area contributed by atoms with E-state index in [1.807, 2.05) is 0 Å². The molecule has 0 radical (unpaired) electrons. The van der Waals surface area contributed by atoms with Crippen LogP contribution in [-0.4, -0.2) is 48.4 Å². The molecule has 2 aromatic rings. The minimum absolute atomic E-state index is 0.0402. The molecule has 2 aromatic carbocycles. The minimum Gasteiger partial charge on any atom is -0.478 e. The van der Waals surface area contributed by atoms with Gasteiger partial charge in [0.05, 0.1) is 10.5 Å². The molecule has 5 N–H and O–H groups in total. The Kier molecular flexibility index (Phi) is 6.66. The highest BCUT2D eigenvalue weighted by Gasteiger charge is 2.60. The van der Waals surface area contributed by atoms with Gasteiger partial charge in [-0.15, -0.1) is 0 Å². The predicted molar refractivity (Wildman–Crippen MR) is 125 cm³/mol. The molecule has 1 aliphatic heterocycles. The van der Waals surface area contributed by atoms with Crippen molar-refractivity contribution in [2.45, 2.75) is 48.3 Å². The van der Waals surface area contributed by atoms with Crippen LogP contribution in [0.15, 0.2) is 53.4 Å². The molecule has 34 heavy (non-hydrogen) atoms. The summed E-state index contributed by atoms with van der Waals surface area (Å²) in [5.41, 5.74) is 3.17. The number of carbonyl (C=O) groups is 2. The van der Waals surface area contributed by atoms with E-state index < -0.39 is 26.5 Å². The number of carboxylic acids is 1. The van der Waals surface area contributed by atoms with Crippen LogP contribution in [0.4, 0.5) is 5.69 Å². The topological polar surface area (TPSA) is 145 Å². The second-order valence-electron chi connectivity index (χ2n) is 9.25. The van der Waals surface area contributed by atoms with E-state index in [1.165, 1.54) is 24.3 Å². The molecule has 1 saturated carbocycles. The maximum Gasteiger partial charge on any atom is 0.335 e. The zero-order chi connectivity index (χ0) is 24.4. The number of aromatic carboxylic acids is 1. The maximum absolute atomic E-state index is 13.7. The molecule has 1 atom stereocenters. The minimum atomic E-state index is -4.06. The molecule has 10 heteroatoms. The first-order valence-corrected chi connectivity index (χ1v) is 12.8. The first kappa shape index (κ1) is 24.2. The summed E-state index contributed by atoms with van der Waals surface area (Å²) in [7, 11) is -4.06. The van der Waals surface area contributed by atoms with Crippen molar-refractivity contribution in [1.29, 1.82) is 0 Å². The number of piperidine rings is 1. The highest BCUT2D eigenvalue weighted by molar-refractivity contribution is 7.93. The number of amides is 1. The van der Waals surface area contributed by atoms with E-state index in [1.54, 1.807) is 29.7 Å². The molecule has 1 unspecified atom stereocenters. The van der Waals surface area contributed by atoms with Crippen molar-refractivity contribution in [3.63, 3.8) is 0 Å². The van der Waals surface area contributed by atoms with Gasteiger partial charge < -0.3 is 15.7 Å². The summed E-state index contributed by atoms with van der Waals surface area (Å²) in [4.78, 5) is 23.8. The number of rotatable bonds is 7. The standard InChI is InChI=1S/C24H29N3O6S/c28-21(29)18-3-1-17(2-4-18)15-26-19-5-7-20(8-6-19)34(32,33)24(22(30)27-31)10-9-23(16-24)11-13-25-14-12-23/h1-8,25-26,31H,9-16H2,(H,27,30)(H,28,29). The Hall–Kier alpha value is -2.95. The molecular formula is C24H29N3O6S. The van der Waals surface area contributed by atoms with Crippen molar-refractivity contribution in [2.75, 3.05) is 18.4 Å². The number of carbonyl (C=O) groups excluding carboxylic acids is 1. The van der Waals surface area contributed by atoms with Gasteiger partial charge in [-0.2, -0.15) is 0 Å². The van der Waals surface area contributed by atoms with Crippen molar-refractivity contribution in [3.05, 3.63) is 59.7 Å². The third-order valence-corrected chi connectivity index (χ3v) is 9.73. The Balaban J connectivity index is 1.52. The van der Waals surface area contributed by atoms with Crippen LogP contribution in [-0.2, 0) is 21.2 Å². The average Bonchev–Trinajstić information content (AvgIpc) is 3.23. The van der Waals surface area contributed by atoms with E-state index in [-0.39, 0.29) is 28.7 Å². The zero-order valence-corrected chi connectivity index (χ0v) is 19.5. The van der Waals surface area contributed by atoms with E-state index in [0.717, 1.165) is 31.5 Å². The van der Waals surface area contributed by atoms with E-state index in [9.17, 15) is 23.2 Å². The average molecular weight is 488 g/mol. The van der Waals surface area contributed by atoms with Crippen LogP contribution in [0.3, 0.4) is 0 Å². The third-order valence-electron chi connectivity index (χ3n) is 7.28. The first-order valence-electron chi connectivity index (χ1n) is 11.3. The maximum atomic E-state index is 13.7. The molecule has 0 aromatic heterocycles. The number of hydrogen-bond acceptors (Lipinski definition) is 7. The van der Waals surface area contributed by atoms with E-state index in [0.29, 0.717) is 18.7 Å². The molecule has 9 nitrogen and oxygen atoms in total. The van der Waals surface area contributed by atoms with Crippen LogP contribution >= 0.6 is 0 Å². The van der Waals surface area contributed by atoms with Crippen LogP contribution in [0.5, 0.6) is 0 Å². The lowest BCUT2D eigenvalue weighted by molar-refractivity contribution is -0.132. The van der Waals surface area contributed by atoms with Crippen molar-refractivity contribution in [2.24, 2.45) is 5.41 Å². The Labute approximate surface area is 198 Å². The van der Waals surface area contributed by atoms with E-state index in [4.69, 9.17) is 5.11 Å². The molecular weight excluding hydrogens is 458 g/mol. The molecule has 2 fully saturated rings. The SMILES string of the molecule is O=C(O)c1ccc(CNc2ccc(S(=O)(=O)C3(C(=O)NO)CCC4(CCNCC4)C3)cc2)cc1. The summed E-state index contributed by atoms with van der Waals surface area (Å²) in [6, 6.07) is 12.7. The fourth-order valence-corrected chi connectivity index (χ4v) is 7.33. The van der Waals surface area contributed by atoms with Gasteiger partial charge in [0.2, 0.25) is 0 Å². The van der Waals surface area contributed by atoms with Crippen LogP contribution in [0.25, 0.3) is 0 Å². The summed E-state index contributed by atoms with van der Waals surface area (Å²) in [5.74, 6) is -1.85. The van der Waals surface area contributed by atoms with Crippen LogP contribution in [0, 0.1) is 5.41 Å². The Morgan fingerprint density at radius 3 is 2.18 bits per heavy atom. The lowest BCUT2D eigenvalue weighted by atomic mass is 9.77. The highest BCUT2D eigenvalue weighted by atomic mass is 32.2. The van der Waals surface area contributed by atoms with Gasteiger partial charge in [-0.25, -0.2) is 18.7 Å². The second kappa shape index (κ2) is 9.36. The molecule has 1 saturated heterocycles.